The molecule has 6 aliphatic heterocycles. The fourth-order valence-electron chi connectivity index (χ4n) is 10.2. The van der Waals surface area contributed by atoms with E-state index in [1.165, 1.54) is 0 Å². The van der Waals surface area contributed by atoms with Crippen molar-refractivity contribution in [2.24, 2.45) is 17.8 Å². The molecular weight excluding hydrogens is 724 g/mol. The molecule has 1 saturated carbocycles. The first-order chi connectivity index (χ1) is 27.1. The van der Waals surface area contributed by atoms with Gasteiger partial charge in [0.15, 0.2) is 17.4 Å². The summed E-state index contributed by atoms with van der Waals surface area (Å²) in [7, 11) is 0. The Kier molecular flexibility index (Phi) is 8.63. The van der Waals surface area contributed by atoms with Crippen molar-refractivity contribution in [1.82, 2.24) is 30.2 Å². The lowest BCUT2D eigenvalue weighted by Crippen LogP contribution is -2.61. The molecule has 294 valence electrons. The van der Waals surface area contributed by atoms with E-state index < -0.39 is 29.3 Å². The molecule has 56 heavy (non-hydrogen) atoms. The van der Waals surface area contributed by atoms with Gasteiger partial charge in [0.1, 0.15) is 11.9 Å². The number of likely N-dealkylation sites (tertiary alicyclic amines) is 1. The van der Waals surface area contributed by atoms with Crippen molar-refractivity contribution in [3.05, 3.63) is 59.2 Å². The molecule has 4 saturated heterocycles. The van der Waals surface area contributed by atoms with Gasteiger partial charge in [0, 0.05) is 101 Å². The highest BCUT2D eigenvalue weighted by Gasteiger charge is 2.56. The Hall–Kier alpha value is -4.93. The zero-order chi connectivity index (χ0) is 38.4. The Labute approximate surface area is 322 Å². The van der Waals surface area contributed by atoms with E-state index in [9.17, 15) is 28.3 Å². The second-order valence-corrected chi connectivity index (χ2v) is 16.6. The van der Waals surface area contributed by atoms with Crippen molar-refractivity contribution in [1.29, 1.82) is 0 Å². The molecule has 7 atom stereocenters. The van der Waals surface area contributed by atoms with Crippen molar-refractivity contribution in [3.63, 3.8) is 0 Å². The Bertz CT molecular complexity index is 2110. The summed E-state index contributed by atoms with van der Waals surface area (Å²) in [5.74, 6) is -0.654. The number of aromatic hydroxyl groups is 1. The fourth-order valence-corrected chi connectivity index (χ4v) is 10.2. The minimum absolute atomic E-state index is 0.0216. The number of phenolic OH excluding ortho intramolecular Hbond substituents is 1. The quantitative estimate of drug-likeness (QED) is 0.303. The number of amides is 3. The van der Waals surface area contributed by atoms with Gasteiger partial charge in [-0.25, -0.2) is 8.78 Å². The first kappa shape index (κ1) is 35.5. The summed E-state index contributed by atoms with van der Waals surface area (Å²) >= 11 is 0. The molecule has 1 aromatic heterocycles. The largest absolute Gasteiger partial charge is 0.504 e. The molecule has 1 aliphatic carbocycles. The fraction of sp³-hybridized carbons (Fsp3) is 0.525. The van der Waals surface area contributed by atoms with Crippen molar-refractivity contribution < 1.29 is 33.0 Å². The number of nitrogens with one attached hydrogen (secondary N) is 2. The second-order valence-electron chi connectivity index (χ2n) is 16.6. The number of rotatable bonds is 7. The van der Waals surface area contributed by atoms with Gasteiger partial charge in [-0.2, -0.15) is 0 Å². The van der Waals surface area contributed by atoms with E-state index in [0.717, 1.165) is 81.9 Å². The van der Waals surface area contributed by atoms with Crippen LogP contribution in [0.15, 0.2) is 36.4 Å². The van der Waals surface area contributed by atoms with Crippen molar-refractivity contribution in [2.45, 2.75) is 50.5 Å². The number of phenols is 1. The summed E-state index contributed by atoms with van der Waals surface area (Å²) in [4.78, 5) is 48.9. The summed E-state index contributed by atoms with van der Waals surface area (Å²) in [5, 5.41) is 24.5. The molecule has 2 aromatic carbocycles. The van der Waals surface area contributed by atoms with Crippen LogP contribution >= 0.6 is 0 Å². The number of hydrogen-bond acceptors (Lipinski definition) is 12. The van der Waals surface area contributed by atoms with E-state index in [2.05, 4.69) is 53.4 Å². The predicted octanol–water partition coefficient (Wildman–Crippen LogP) is 2.28. The van der Waals surface area contributed by atoms with Crippen LogP contribution in [0.3, 0.4) is 0 Å². The summed E-state index contributed by atoms with van der Waals surface area (Å²) in [6.07, 6.45) is 0.649. The minimum atomic E-state index is -1.03. The third kappa shape index (κ3) is 6.22. The number of hydrogen-bond donors (Lipinski definition) is 3. The topological polar surface area (TPSA) is 147 Å². The van der Waals surface area contributed by atoms with Crippen LogP contribution in [0.1, 0.15) is 35.7 Å². The van der Waals surface area contributed by atoms with Gasteiger partial charge in [-0.15, -0.1) is 10.2 Å². The van der Waals surface area contributed by atoms with E-state index >= 15 is 0 Å². The highest BCUT2D eigenvalue weighted by Crippen LogP contribution is 2.52. The lowest BCUT2D eigenvalue weighted by atomic mass is 10.0. The van der Waals surface area contributed by atoms with Crippen LogP contribution in [0.5, 0.6) is 5.75 Å². The van der Waals surface area contributed by atoms with Crippen LogP contribution in [-0.2, 0) is 20.9 Å². The standard InChI is InChI=1S/C40H45F2N9O5/c1-21-13-50-25(12-43-38-35(50)11-33(45-46-38)28-8-23(41)9-32(42)37(28)53)15-49(21)20-31-29-18-47(19-30(29)31)16-26-17-48(6-7-56-26)24-3-2-22-14-51(40(55)27(22)10-24)34-4-5-36(52)44-39(34)54/h2-3,8-11,21,25-26,29-31,34,53H,4-7,12-20H2,1H3,(H,43,46)(H,44,52,54)/t21-,25-,26?,29-,30+,31-,34?/m0/s1. The normalized spacial score (nSPS) is 30.1. The molecular formula is C40H45F2N9O5. The third-order valence-corrected chi connectivity index (χ3v) is 13.2. The van der Waals surface area contributed by atoms with Crippen LogP contribution in [0.25, 0.3) is 11.3 Å². The van der Waals surface area contributed by atoms with Gasteiger partial charge in [0.25, 0.3) is 5.91 Å². The lowest BCUT2D eigenvalue weighted by Gasteiger charge is -2.49. The van der Waals surface area contributed by atoms with Gasteiger partial charge in [-0.05, 0) is 60.9 Å². The number of imide groups is 1. The van der Waals surface area contributed by atoms with Crippen LogP contribution in [0.2, 0.25) is 0 Å². The zero-order valence-corrected chi connectivity index (χ0v) is 31.2. The maximum Gasteiger partial charge on any atom is 0.255 e. The van der Waals surface area contributed by atoms with Crippen molar-refractivity contribution in [3.8, 4) is 17.0 Å². The molecule has 0 spiro atoms. The van der Waals surface area contributed by atoms with Crippen LogP contribution in [0, 0.1) is 29.4 Å². The molecule has 0 radical (unpaired) electrons. The number of ether oxygens (including phenoxy) is 1. The van der Waals surface area contributed by atoms with Gasteiger partial charge < -0.3 is 34.8 Å². The second kappa shape index (κ2) is 13.6. The number of piperazine rings is 1. The number of morpholine rings is 1. The Balaban J connectivity index is 0.723. The Morgan fingerprint density at radius 3 is 2.61 bits per heavy atom. The molecule has 5 fully saturated rings. The lowest BCUT2D eigenvalue weighted by molar-refractivity contribution is -0.136. The average Bonchev–Trinajstić information content (AvgIpc) is 3.45. The van der Waals surface area contributed by atoms with E-state index in [4.69, 9.17) is 4.74 Å². The van der Waals surface area contributed by atoms with E-state index in [1.807, 2.05) is 12.1 Å². The molecule has 14 nitrogen and oxygen atoms in total. The monoisotopic (exact) mass is 769 g/mol. The average molecular weight is 770 g/mol. The molecule has 2 unspecified atom stereocenters. The Morgan fingerprint density at radius 1 is 0.946 bits per heavy atom. The number of anilines is 3. The van der Waals surface area contributed by atoms with Crippen LogP contribution in [0.4, 0.5) is 26.0 Å². The van der Waals surface area contributed by atoms with Crippen molar-refractivity contribution in [2.75, 3.05) is 80.6 Å². The number of benzene rings is 2. The summed E-state index contributed by atoms with van der Waals surface area (Å²) in [5.41, 5.74) is 3.54. The van der Waals surface area contributed by atoms with Crippen LogP contribution in [-0.4, -0.2) is 137 Å². The first-order valence-electron chi connectivity index (χ1n) is 19.7. The molecule has 7 heterocycles. The molecule has 3 amide bonds. The smallest absolute Gasteiger partial charge is 0.255 e. The number of piperidine rings is 2. The van der Waals surface area contributed by atoms with Crippen LogP contribution < -0.4 is 20.4 Å². The minimum Gasteiger partial charge on any atom is -0.504 e. The number of fused-ring (bicyclic) bond motifs is 5. The van der Waals surface area contributed by atoms with Gasteiger partial charge in [-0.1, -0.05) is 6.07 Å². The molecule has 3 N–H and O–H groups in total. The molecule has 3 aromatic rings. The van der Waals surface area contributed by atoms with E-state index in [1.54, 1.807) is 11.0 Å². The number of nitrogens with zero attached hydrogens (tertiary/aromatic N) is 7. The van der Waals surface area contributed by atoms with Gasteiger partial charge in [0.2, 0.25) is 11.8 Å². The molecule has 0 bridgehead atoms. The van der Waals surface area contributed by atoms with Gasteiger partial charge >= 0.3 is 0 Å². The van der Waals surface area contributed by atoms with Crippen molar-refractivity contribution >= 4 is 34.9 Å². The Morgan fingerprint density at radius 2 is 1.79 bits per heavy atom. The number of carbonyl (C=O) groups is 3. The number of carbonyl (C=O) groups excluding carboxylic acids is 3. The molecule has 16 heteroatoms. The maximum atomic E-state index is 14.1. The third-order valence-electron chi connectivity index (χ3n) is 13.2. The summed E-state index contributed by atoms with van der Waals surface area (Å²) in [6.45, 7) is 11.2. The maximum absolute atomic E-state index is 14.1. The summed E-state index contributed by atoms with van der Waals surface area (Å²) < 4.78 is 34.4. The van der Waals surface area contributed by atoms with E-state index in [-0.39, 0.29) is 41.6 Å². The summed E-state index contributed by atoms with van der Waals surface area (Å²) in [6, 6.07) is 9.37. The highest BCUT2D eigenvalue weighted by atomic mass is 19.1. The van der Waals surface area contributed by atoms with Gasteiger partial charge in [-0.3, -0.25) is 24.6 Å². The number of aromatic nitrogens is 2. The predicted molar refractivity (Wildman–Crippen MR) is 201 cm³/mol. The number of halogens is 2. The van der Waals surface area contributed by atoms with Gasteiger partial charge in [0.05, 0.1) is 30.1 Å². The van der Waals surface area contributed by atoms with E-state index in [0.29, 0.717) is 60.8 Å². The molecule has 7 aliphatic rings. The SMILES string of the molecule is C[C@H]1CN2c3cc(-c4cc(F)cc(F)c4O)nnc3NC[C@H]2CN1C[C@@H]1[C@@H]2CN(CC3CN(c4ccc5c(c4)C(=O)N(C4CCC(=O)NC4=O)C5)CCO3)C[C@@H]21. The molecule has 10 rings (SSSR count). The first-order valence-corrected chi connectivity index (χ1v) is 19.7. The zero-order valence-electron chi connectivity index (χ0n) is 31.2. The highest BCUT2D eigenvalue weighted by molar-refractivity contribution is 6.05.